The van der Waals surface area contributed by atoms with Crippen LogP contribution in [0.5, 0.6) is 17.2 Å². The quantitative estimate of drug-likeness (QED) is 0.848. The summed E-state index contributed by atoms with van der Waals surface area (Å²) < 4.78 is 16.0. The van der Waals surface area contributed by atoms with Gasteiger partial charge in [0, 0.05) is 23.7 Å². The van der Waals surface area contributed by atoms with Gasteiger partial charge < -0.3 is 19.5 Å². The van der Waals surface area contributed by atoms with E-state index in [0.29, 0.717) is 35.8 Å². The van der Waals surface area contributed by atoms with E-state index in [1.165, 1.54) is 0 Å². The second-order valence-corrected chi connectivity index (χ2v) is 5.39. The van der Waals surface area contributed by atoms with Gasteiger partial charge in [0.1, 0.15) is 5.75 Å². The summed E-state index contributed by atoms with van der Waals surface area (Å²) in [6.07, 6.45) is 0.605. The lowest BCUT2D eigenvalue weighted by molar-refractivity contribution is 0.0954. The molecule has 0 aliphatic carbocycles. The minimum absolute atomic E-state index is 0.0937. The van der Waals surface area contributed by atoms with Gasteiger partial charge in [-0.05, 0) is 31.5 Å². The van der Waals surface area contributed by atoms with Gasteiger partial charge in [0.25, 0.3) is 5.91 Å². The van der Waals surface area contributed by atoms with E-state index in [1.54, 1.807) is 27.4 Å². The summed E-state index contributed by atoms with van der Waals surface area (Å²) in [5.41, 5.74) is 2.69. The van der Waals surface area contributed by atoms with Crippen LogP contribution < -0.4 is 19.5 Å². The third-order valence-electron chi connectivity index (χ3n) is 3.76. The highest BCUT2D eigenvalue weighted by molar-refractivity contribution is 5.94. The molecule has 2 aromatic carbocycles. The van der Waals surface area contributed by atoms with Crippen molar-refractivity contribution in [3.63, 3.8) is 0 Å². The molecule has 24 heavy (non-hydrogen) atoms. The zero-order valence-electron chi connectivity index (χ0n) is 14.5. The van der Waals surface area contributed by atoms with Crippen molar-refractivity contribution in [3.8, 4) is 17.2 Å². The van der Waals surface area contributed by atoms with E-state index >= 15 is 0 Å². The summed E-state index contributed by atoms with van der Waals surface area (Å²) in [5, 5.41) is 2.92. The van der Waals surface area contributed by atoms with Gasteiger partial charge >= 0.3 is 0 Å². The Morgan fingerprint density at radius 1 is 1.00 bits per heavy atom. The fraction of sp³-hybridized carbons (Fsp3) is 0.316. The van der Waals surface area contributed by atoms with Crippen LogP contribution in [0.4, 0.5) is 0 Å². The lowest BCUT2D eigenvalue weighted by atomic mass is 10.1. The standard InChI is InChI=1S/C19H23NO4/c1-13-5-7-14(8-6-13)19(21)20-10-9-15-11-16(22-2)12-17(23-3)18(15)24-4/h5-8,11-12H,9-10H2,1-4H3,(H,20,21). The third-order valence-corrected chi connectivity index (χ3v) is 3.76. The van der Waals surface area contributed by atoms with Crippen LogP contribution in [0.3, 0.4) is 0 Å². The summed E-state index contributed by atoms with van der Waals surface area (Å²) in [6.45, 7) is 2.48. The van der Waals surface area contributed by atoms with Gasteiger partial charge in [-0.2, -0.15) is 0 Å². The molecule has 5 nitrogen and oxygen atoms in total. The van der Waals surface area contributed by atoms with Gasteiger partial charge in [-0.1, -0.05) is 17.7 Å². The monoisotopic (exact) mass is 329 g/mol. The number of methoxy groups -OCH3 is 3. The SMILES string of the molecule is COc1cc(CCNC(=O)c2ccc(C)cc2)c(OC)c(OC)c1. The van der Waals surface area contributed by atoms with Crippen LogP contribution in [0, 0.1) is 6.92 Å². The van der Waals surface area contributed by atoms with E-state index < -0.39 is 0 Å². The predicted molar refractivity (Wildman–Crippen MR) is 93.3 cm³/mol. The van der Waals surface area contributed by atoms with Crippen molar-refractivity contribution < 1.29 is 19.0 Å². The van der Waals surface area contributed by atoms with Gasteiger partial charge in [0.2, 0.25) is 0 Å². The number of carbonyl (C=O) groups excluding carboxylic acids is 1. The van der Waals surface area contributed by atoms with Crippen molar-refractivity contribution in [1.82, 2.24) is 5.32 Å². The first kappa shape index (κ1) is 17.7. The molecule has 0 saturated heterocycles. The summed E-state index contributed by atoms with van der Waals surface area (Å²) in [7, 11) is 4.78. The Kier molecular flexibility index (Phi) is 6.07. The minimum atomic E-state index is -0.0937. The minimum Gasteiger partial charge on any atom is -0.497 e. The average molecular weight is 329 g/mol. The first-order valence-corrected chi connectivity index (χ1v) is 7.72. The second-order valence-electron chi connectivity index (χ2n) is 5.39. The molecule has 0 radical (unpaired) electrons. The van der Waals surface area contributed by atoms with Gasteiger partial charge in [-0.15, -0.1) is 0 Å². The van der Waals surface area contributed by atoms with Gasteiger partial charge in [-0.25, -0.2) is 0 Å². The molecule has 0 unspecified atom stereocenters. The van der Waals surface area contributed by atoms with Crippen molar-refractivity contribution in [2.75, 3.05) is 27.9 Å². The fourth-order valence-electron chi connectivity index (χ4n) is 2.44. The fourth-order valence-corrected chi connectivity index (χ4v) is 2.44. The Morgan fingerprint density at radius 3 is 2.29 bits per heavy atom. The van der Waals surface area contributed by atoms with Crippen molar-refractivity contribution in [2.24, 2.45) is 0 Å². The van der Waals surface area contributed by atoms with Crippen LogP contribution in [-0.2, 0) is 6.42 Å². The normalized spacial score (nSPS) is 10.2. The number of ether oxygens (including phenoxy) is 3. The lowest BCUT2D eigenvalue weighted by Crippen LogP contribution is -2.25. The van der Waals surface area contributed by atoms with Crippen LogP contribution in [-0.4, -0.2) is 33.8 Å². The number of carbonyl (C=O) groups is 1. The van der Waals surface area contributed by atoms with E-state index in [9.17, 15) is 4.79 Å². The Balaban J connectivity index is 2.05. The molecule has 2 rings (SSSR count). The number of rotatable bonds is 7. The zero-order valence-corrected chi connectivity index (χ0v) is 14.5. The Hall–Kier alpha value is -2.69. The molecule has 5 heteroatoms. The summed E-state index contributed by atoms with van der Waals surface area (Å²) >= 11 is 0. The molecule has 2 aromatic rings. The first-order chi connectivity index (χ1) is 11.6. The Morgan fingerprint density at radius 2 is 1.71 bits per heavy atom. The maximum Gasteiger partial charge on any atom is 0.251 e. The first-order valence-electron chi connectivity index (χ1n) is 7.72. The molecule has 128 valence electrons. The van der Waals surface area contributed by atoms with Crippen LogP contribution in [0.15, 0.2) is 36.4 Å². The van der Waals surface area contributed by atoms with Crippen LogP contribution in [0.2, 0.25) is 0 Å². The molecular weight excluding hydrogens is 306 g/mol. The van der Waals surface area contributed by atoms with Gasteiger partial charge in [-0.3, -0.25) is 4.79 Å². The van der Waals surface area contributed by atoms with E-state index in [-0.39, 0.29) is 5.91 Å². The molecule has 0 bridgehead atoms. The number of hydrogen-bond donors (Lipinski definition) is 1. The van der Waals surface area contributed by atoms with Crippen molar-refractivity contribution in [2.45, 2.75) is 13.3 Å². The smallest absolute Gasteiger partial charge is 0.251 e. The molecule has 1 amide bonds. The van der Waals surface area contributed by atoms with E-state index in [1.807, 2.05) is 37.3 Å². The summed E-state index contributed by atoms with van der Waals surface area (Å²) in [4.78, 5) is 12.2. The van der Waals surface area contributed by atoms with Gasteiger partial charge in [0.15, 0.2) is 11.5 Å². The third kappa shape index (κ3) is 4.19. The number of nitrogens with one attached hydrogen (secondary N) is 1. The van der Waals surface area contributed by atoms with Crippen LogP contribution in [0.25, 0.3) is 0 Å². The number of aryl methyl sites for hydroxylation is 1. The molecule has 0 atom stereocenters. The Bertz CT molecular complexity index is 695. The van der Waals surface area contributed by atoms with E-state index in [2.05, 4.69) is 5.32 Å². The molecule has 0 spiro atoms. The van der Waals surface area contributed by atoms with E-state index in [4.69, 9.17) is 14.2 Å². The molecule has 0 aromatic heterocycles. The van der Waals surface area contributed by atoms with Gasteiger partial charge in [0.05, 0.1) is 21.3 Å². The largest absolute Gasteiger partial charge is 0.497 e. The summed E-state index contributed by atoms with van der Waals surface area (Å²) in [6, 6.07) is 11.1. The molecule has 0 aliphatic rings. The van der Waals surface area contributed by atoms with Crippen molar-refractivity contribution in [3.05, 3.63) is 53.1 Å². The number of hydrogen-bond acceptors (Lipinski definition) is 4. The zero-order chi connectivity index (χ0) is 17.5. The maximum absolute atomic E-state index is 12.2. The van der Waals surface area contributed by atoms with Crippen LogP contribution >= 0.6 is 0 Å². The molecule has 1 N–H and O–H groups in total. The summed E-state index contributed by atoms with van der Waals surface area (Å²) in [5.74, 6) is 1.86. The topological polar surface area (TPSA) is 56.8 Å². The highest BCUT2D eigenvalue weighted by atomic mass is 16.5. The van der Waals surface area contributed by atoms with Crippen LogP contribution in [0.1, 0.15) is 21.5 Å². The average Bonchev–Trinajstić information content (AvgIpc) is 2.61. The number of benzene rings is 2. The maximum atomic E-state index is 12.2. The predicted octanol–water partition coefficient (Wildman–Crippen LogP) is 2.99. The molecule has 0 aliphatic heterocycles. The molecule has 0 heterocycles. The lowest BCUT2D eigenvalue weighted by Gasteiger charge is -2.15. The van der Waals surface area contributed by atoms with Crippen molar-refractivity contribution in [1.29, 1.82) is 0 Å². The van der Waals surface area contributed by atoms with E-state index in [0.717, 1.165) is 11.1 Å². The van der Waals surface area contributed by atoms with Crippen molar-refractivity contribution >= 4 is 5.91 Å². The molecular formula is C19H23NO4. The molecule has 0 fully saturated rings. The highest BCUT2D eigenvalue weighted by Crippen LogP contribution is 2.35. The Labute approximate surface area is 142 Å². The second kappa shape index (κ2) is 8.24. The molecule has 0 saturated carbocycles. The number of amides is 1. The highest BCUT2D eigenvalue weighted by Gasteiger charge is 2.13.